The fraction of sp³-hybridized carbons (Fsp3) is 0.519. The van der Waals surface area contributed by atoms with E-state index in [0.29, 0.717) is 6.42 Å². The van der Waals surface area contributed by atoms with E-state index in [1.807, 2.05) is 42.5 Å². The second-order valence-electron chi connectivity index (χ2n) is 11.1. The van der Waals surface area contributed by atoms with Crippen LogP contribution in [-0.4, -0.2) is 54.4 Å². The van der Waals surface area contributed by atoms with Gasteiger partial charge in [0.05, 0.1) is 6.10 Å². The van der Waals surface area contributed by atoms with Crippen LogP contribution in [0.5, 0.6) is 0 Å². The van der Waals surface area contributed by atoms with Crippen molar-refractivity contribution in [1.29, 1.82) is 0 Å². The Bertz CT molecular complexity index is 1250. The molecule has 2 fully saturated rings. The Balaban J connectivity index is 1.73. The van der Waals surface area contributed by atoms with E-state index in [0.717, 1.165) is 5.56 Å². The number of aromatic nitrogens is 2. The molecule has 9 nitrogen and oxygen atoms in total. The van der Waals surface area contributed by atoms with E-state index >= 15 is 0 Å². The number of aromatic amines is 1. The first-order chi connectivity index (χ1) is 17.4. The molecular weight excluding hydrogens is 492 g/mol. The van der Waals surface area contributed by atoms with E-state index < -0.39 is 56.2 Å². The molecule has 0 amide bonds. The van der Waals surface area contributed by atoms with E-state index in [1.165, 1.54) is 23.8 Å². The van der Waals surface area contributed by atoms with Gasteiger partial charge in [-0.2, -0.15) is 0 Å². The van der Waals surface area contributed by atoms with Crippen LogP contribution < -0.4 is 11.2 Å². The number of fused-ring (bicyclic) bond motifs is 1. The smallest absolute Gasteiger partial charge is 0.330 e. The maximum absolute atomic E-state index is 12.8. The lowest BCUT2D eigenvalue weighted by molar-refractivity contribution is -0.182. The summed E-state index contributed by atoms with van der Waals surface area (Å²) in [5.41, 5.74) is -0.0881. The Labute approximate surface area is 217 Å². The van der Waals surface area contributed by atoms with Crippen LogP contribution in [0.25, 0.3) is 6.08 Å². The summed E-state index contributed by atoms with van der Waals surface area (Å²) < 4.78 is 26.8. The van der Waals surface area contributed by atoms with Gasteiger partial charge in [0.25, 0.3) is 5.56 Å². The highest BCUT2D eigenvalue weighted by molar-refractivity contribution is 6.74. The number of nitrogens with one attached hydrogen (secondary N) is 1. The number of H-pyrrole nitrogens is 1. The minimum atomic E-state index is -2.37. The van der Waals surface area contributed by atoms with Gasteiger partial charge in [-0.25, -0.2) is 4.79 Å². The molecular formula is C27H36N2O7Si. The monoisotopic (exact) mass is 528 g/mol. The summed E-state index contributed by atoms with van der Waals surface area (Å²) in [6.07, 6.45) is 1.95. The van der Waals surface area contributed by atoms with Crippen LogP contribution in [0.2, 0.25) is 18.1 Å². The van der Waals surface area contributed by atoms with Crippen LogP contribution >= 0.6 is 0 Å². The molecule has 0 spiro atoms. The minimum absolute atomic E-state index is 0.123. The molecule has 1 aromatic carbocycles. The van der Waals surface area contributed by atoms with Crippen LogP contribution in [0.15, 0.2) is 58.3 Å². The lowest BCUT2D eigenvalue weighted by atomic mass is 9.95. The summed E-state index contributed by atoms with van der Waals surface area (Å²) in [5.74, 6) is -0.424. The highest BCUT2D eigenvalue weighted by Gasteiger charge is 2.57. The number of carbonyl (C=O) groups is 1. The number of hydrogen-bond acceptors (Lipinski definition) is 7. The molecule has 2 aromatic rings. The molecule has 2 saturated heterocycles. The summed E-state index contributed by atoms with van der Waals surface area (Å²) in [6, 6.07) is 11.1. The van der Waals surface area contributed by atoms with Gasteiger partial charge in [-0.1, -0.05) is 63.3 Å². The van der Waals surface area contributed by atoms with Crippen molar-refractivity contribution in [3.8, 4) is 0 Å². The van der Waals surface area contributed by atoms with Crippen molar-refractivity contribution < 1.29 is 23.4 Å². The van der Waals surface area contributed by atoms with Crippen LogP contribution in [0.3, 0.4) is 0 Å². The van der Waals surface area contributed by atoms with Gasteiger partial charge >= 0.3 is 11.7 Å². The van der Waals surface area contributed by atoms with Crippen LogP contribution in [0, 0.1) is 0 Å². The molecule has 0 aliphatic carbocycles. The van der Waals surface area contributed by atoms with Gasteiger partial charge in [-0.15, -0.1) is 0 Å². The number of carbonyl (C=O) groups excluding carboxylic acids is 1. The SMILES string of the molecule is CC(=O)O[C@@H]1C[C@@H](/C=C/c2ccccc2)O[C@H]2[C@@H](O[Si](C)(C)C(C)(C)C)[C@H](n3ccc(=O)[nH]c3=O)O[C@@H]21. The number of esters is 1. The molecule has 1 N–H and O–H groups in total. The third-order valence-electron chi connectivity index (χ3n) is 7.37. The van der Waals surface area contributed by atoms with Crippen LogP contribution in [0.1, 0.15) is 45.9 Å². The Morgan fingerprint density at radius 3 is 2.43 bits per heavy atom. The fourth-order valence-corrected chi connectivity index (χ4v) is 5.75. The van der Waals surface area contributed by atoms with E-state index in [4.69, 9.17) is 18.6 Å². The molecule has 6 atom stereocenters. The molecule has 1 aromatic heterocycles. The minimum Gasteiger partial charge on any atom is -0.460 e. The van der Waals surface area contributed by atoms with Gasteiger partial charge in [-0.05, 0) is 23.7 Å². The van der Waals surface area contributed by atoms with Crippen molar-refractivity contribution in [2.45, 2.75) is 89.0 Å². The average molecular weight is 529 g/mol. The maximum atomic E-state index is 12.8. The number of benzene rings is 1. The lowest BCUT2D eigenvalue weighted by Crippen LogP contribution is -2.54. The molecule has 10 heteroatoms. The van der Waals surface area contributed by atoms with Crippen molar-refractivity contribution >= 4 is 20.4 Å². The van der Waals surface area contributed by atoms with Crippen molar-refractivity contribution in [2.75, 3.05) is 0 Å². The predicted molar refractivity (Wildman–Crippen MR) is 142 cm³/mol. The summed E-state index contributed by atoms with van der Waals surface area (Å²) in [7, 11) is -2.37. The molecule has 4 rings (SSSR count). The Morgan fingerprint density at radius 1 is 1.11 bits per heavy atom. The fourth-order valence-electron chi connectivity index (χ4n) is 4.47. The standard InChI is InChI=1S/C27H36N2O7Si/c1-17(30)33-20-16-19(13-12-18-10-8-7-9-11-18)34-23-22(20)35-25(29-15-14-21(31)28-26(29)32)24(23)36-37(5,6)27(2,3)4/h7-15,19-20,22-25H,16H2,1-6H3,(H,28,31,32)/b13-12+/t19-,20-,22-,23-,24-,25-/m1/s1. The quantitative estimate of drug-likeness (QED) is 0.450. The molecule has 0 unspecified atom stereocenters. The average Bonchev–Trinajstić information content (AvgIpc) is 3.15. The largest absolute Gasteiger partial charge is 0.460 e. The zero-order valence-corrected chi connectivity index (χ0v) is 23.2. The summed E-state index contributed by atoms with van der Waals surface area (Å²) in [4.78, 5) is 38.8. The van der Waals surface area contributed by atoms with Gasteiger partial charge in [0.15, 0.2) is 14.5 Å². The second kappa shape index (κ2) is 10.5. The molecule has 2 aliphatic rings. The topological polar surface area (TPSA) is 109 Å². The molecule has 2 aliphatic heterocycles. The first kappa shape index (κ1) is 27.2. The van der Waals surface area contributed by atoms with E-state index in [1.54, 1.807) is 0 Å². The first-order valence-corrected chi connectivity index (χ1v) is 15.5. The zero-order chi connectivity index (χ0) is 27.0. The first-order valence-electron chi connectivity index (χ1n) is 12.6. The Hall–Kier alpha value is -2.79. The maximum Gasteiger partial charge on any atom is 0.330 e. The lowest BCUT2D eigenvalue weighted by Gasteiger charge is -2.42. The third-order valence-corrected chi connectivity index (χ3v) is 11.8. The number of hydrogen-bond donors (Lipinski definition) is 1. The molecule has 200 valence electrons. The van der Waals surface area contributed by atoms with Gasteiger partial charge in [0, 0.05) is 25.6 Å². The normalized spacial score (nSPS) is 28.3. The Morgan fingerprint density at radius 2 is 1.81 bits per heavy atom. The van der Waals surface area contributed by atoms with Gasteiger partial charge in [0.1, 0.15) is 24.4 Å². The summed E-state index contributed by atoms with van der Waals surface area (Å²) >= 11 is 0. The van der Waals surface area contributed by atoms with E-state index in [9.17, 15) is 14.4 Å². The van der Waals surface area contributed by atoms with Crippen molar-refractivity contribution in [2.24, 2.45) is 0 Å². The van der Waals surface area contributed by atoms with Crippen LogP contribution in [-0.2, 0) is 23.4 Å². The zero-order valence-electron chi connectivity index (χ0n) is 22.2. The summed E-state index contributed by atoms with van der Waals surface area (Å²) in [6.45, 7) is 12.0. The van der Waals surface area contributed by atoms with Crippen molar-refractivity contribution in [3.63, 3.8) is 0 Å². The highest BCUT2D eigenvalue weighted by atomic mass is 28.4. The van der Waals surface area contributed by atoms with E-state index in [-0.39, 0.29) is 11.1 Å². The van der Waals surface area contributed by atoms with Gasteiger partial charge < -0.3 is 18.6 Å². The Kier molecular flexibility index (Phi) is 7.75. The van der Waals surface area contributed by atoms with Gasteiger partial charge in [-0.3, -0.25) is 19.1 Å². The predicted octanol–water partition coefficient (Wildman–Crippen LogP) is 3.63. The molecule has 0 radical (unpaired) electrons. The number of rotatable bonds is 6. The summed E-state index contributed by atoms with van der Waals surface area (Å²) in [5, 5.41) is -0.123. The number of ether oxygens (including phenoxy) is 3. The van der Waals surface area contributed by atoms with Gasteiger partial charge in [0.2, 0.25) is 0 Å². The number of nitrogens with zero attached hydrogens (tertiary/aromatic N) is 1. The van der Waals surface area contributed by atoms with E-state index in [2.05, 4.69) is 38.8 Å². The molecule has 0 bridgehead atoms. The highest BCUT2D eigenvalue weighted by Crippen LogP contribution is 2.45. The van der Waals surface area contributed by atoms with Crippen molar-refractivity contribution in [3.05, 3.63) is 75.1 Å². The molecule has 3 heterocycles. The van der Waals surface area contributed by atoms with Crippen molar-refractivity contribution in [1.82, 2.24) is 9.55 Å². The molecule has 37 heavy (non-hydrogen) atoms. The second-order valence-corrected chi connectivity index (χ2v) is 15.9. The molecule has 0 saturated carbocycles. The van der Waals surface area contributed by atoms with Crippen LogP contribution in [0.4, 0.5) is 0 Å². The third kappa shape index (κ3) is 6.03.